The summed E-state index contributed by atoms with van der Waals surface area (Å²) in [6.07, 6.45) is 4.38. The Morgan fingerprint density at radius 3 is 2.90 bits per heavy atom. The molecule has 0 amide bonds. The van der Waals surface area contributed by atoms with E-state index >= 15 is 0 Å². The molecule has 3 nitrogen and oxygen atoms in total. The molecule has 2 aromatic rings. The van der Waals surface area contributed by atoms with Crippen LogP contribution in [0.25, 0.3) is 0 Å². The molecular formula is C15H18ClN3S. The number of rotatable bonds is 4. The standard InChI is InChI=1S/C15H18ClN3S/c1-11(12-9-14(16)20-10-12)18-13-5-4-6-17-15(13)19-7-2-3-8-19/h4-6,9-11,18H,2-3,7-8H2,1H3. The number of anilines is 2. The summed E-state index contributed by atoms with van der Waals surface area (Å²) in [5.41, 5.74) is 2.32. The normalized spacial score (nSPS) is 16.4. The van der Waals surface area contributed by atoms with E-state index in [9.17, 15) is 0 Å². The number of hydrogen-bond acceptors (Lipinski definition) is 4. The average Bonchev–Trinajstić information content (AvgIpc) is 3.10. The van der Waals surface area contributed by atoms with Crippen LogP contribution in [0, 0.1) is 0 Å². The minimum atomic E-state index is 0.226. The van der Waals surface area contributed by atoms with E-state index in [0.717, 1.165) is 28.9 Å². The Balaban J connectivity index is 1.79. The van der Waals surface area contributed by atoms with Crippen LogP contribution in [0.5, 0.6) is 0 Å². The van der Waals surface area contributed by atoms with Crippen LogP contribution in [0.2, 0.25) is 4.34 Å². The van der Waals surface area contributed by atoms with Gasteiger partial charge in [0.25, 0.3) is 0 Å². The Morgan fingerprint density at radius 2 is 2.20 bits per heavy atom. The number of thiophene rings is 1. The molecule has 3 heterocycles. The van der Waals surface area contributed by atoms with Gasteiger partial charge in [-0.05, 0) is 48.9 Å². The van der Waals surface area contributed by atoms with E-state index in [0.29, 0.717) is 0 Å². The zero-order valence-corrected chi connectivity index (χ0v) is 13.0. The van der Waals surface area contributed by atoms with Gasteiger partial charge in [0.2, 0.25) is 0 Å². The van der Waals surface area contributed by atoms with Gasteiger partial charge in [0.1, 0.15) is 0 Å². The van der Waals surface area contributed by atoms with Crippen molar-refractivity contribution in [3.8, 4) is 0 Å². The summed E-state index contributed by atoms with van der Waals surface area (Å²) in [5, 5.41) is 5.66. The third-order valence-corrected chi connectivity index (χ3v) is 4.76. The van der Waals surface area contributed by atoms with Crippen LogP contribution in [-0.4, -0.2) is 18.1 Å². The van der Waals surface area contributed by atoms with Crippen LogP contribution >= 0.6 is 22.9 Å². The first kappa shape index (κ1) is 13.7. The van der Waals surface area contributed by atoms with E-state index in [-0.39, 0.29) is 6.04 Å². The molecule has 3 rings (SSSR count). The summed E-state index contributed by atoms with van der Waals surface area (Å²) in [7, 11) is 0. The molecule has 1 aliphatic rings. The lowest BCUT2D eigenvalue weighted by Crippen LogP contribution is -2.21. The van der Waals surface area contributed by atoms with Crippen molar-refractivity contribution in [2.24, 2.45) is 0 Å². The second-order valence-electron chi connectivity index (χ2n) is 5.12. The first-order valence-corrected chi connectivity index (χ1v) is 8.20. The number of nitrogens with zero attached hydrogens (tertiary/aromatic N) is 2. The fourth-order valence-corrected chi connectivity index (χ4v) is 3.54. The van der Waals surface area contributed by atoms with Crippen LogP contribution in [0.15, 0.2) is 29.8 Å². The largest absolute Gasteiger partial charge is 0.376 e. The topological polar surface area (TPSA) is 28.2 Å². The Kier molecular flexibility index (Phi) is 4.13. The second kappa shape index (κ2) is 6.02. The van der Waals surface area contributed by atoms with Gasteiger partial charge in [0.15, 0.2) is 5.82 Å². The fourth-order valence-electron chi connectivity index (χ4n) is 2.56. The highest BCUT2D eigenvalue weighted by Crippen LogP contribution is 2.31. The number of pyridine rings is 1. The van der Waals surface area contributed by atoms with Gasteiger partial charge in [-0.25, -0.2) is 4.98 Å². The summed E-state index contributed by atoms with van der Waals surface area (Å²) in [5.74, 6) is 1.07. The summed E-state index contributed by atoms with van der Waals surface area (Å²) in [6.45, 7) is 4.36. The molecule has 0 saturated carbocycles. The molecular weight excluding hydrogens is 290 g/mol. The monoisotopic (exact) mass is 307 g/mol. The van der Waals surface area contributed by atoms with Gasteiger partial charge in [-0.3, -0.25) is 0 Å². The lowest BCUT2D eigenvalue weighted by Gasteiger charge is -2.22. The van der Waals surface area contributed by atoms with Crippen molar-refractivity contribution in [1.29, 1.82) is 0 Å². The lowest BCUT2D eigenvalue weighted by molar-refractivity contribution is 0.876. The van der Waals surface area contributed by atoms with Gasteiger partial charge in [-0.15, -0.1) is 11.3 Å². The van der Waals surface area contributed by atoms with Crippen molar-refractivity contribution in [1.82, 2.24) is 4.98 Å². The number of hydrogen-bond donors (Lipinski definition) is 1. The first-order valence-electron chi connectivity index (χ1n) is 6.94. The quantitative estimate of drug-likeness (QED) is 0.897. The van der Waals surface area contributed by atoms with Gasteiger partial charge in [-0.2, -0.15) is 0 Å². The summed E-state index contributed by atoms with van der Waals surface area (Å²) < 4.78 is 0.833. The molecule has 0 aliphatic carbocycles. The van der Waals surface area contributed by atoms with Gasteiger partial charge < -0.3 is 10.2 Å². The minimum Gasteiger partial charge on any atom is -0.376 e. The van der Waals surface area contributed by atoms with Gasteiger partial charge in [-0.1, -0.05) is 11.6 Å². The van der Waals surface area contributed by atoms with Crippen molar-refractivity contribution >= 4 is 34.4 Å². The number of nitrogens with one attached hydrogen (secondary N) is 1. The molecule has 1 N–H and O–H groups in total. The molecule has 2 aromatic heterocycles. The van der Waals surface area contributed by atoms with Crippen molar-refractivity contribution in [2.45, 2.75) is 25.8 Å². The van der Waals surface area contributed by atoms with Gasteiger partial charge >= 0.3 is 0 Å². The number of halogens is 1. The smallest absolute Gasteiger partial charge is 0.151 e. The highest BCUT2D eigenvalue weighted by atomic mass is 35.5. The van der Waals surface area contributed by atoms with Crippen molar-refractivity contribution in [3.05, 3.63) is 39.7 Å². The zero-order chi connectivity index (χ0) is 13.9. The molecule has 1 fully saturated rings. The van der Waals surface area contributed by atoms with Crippen LogP contribution in [0.1, 0.15) is 31.4 Å². The number of aromatic nitrogens is 1. The van der Waals surface area contributed by atoms with E-state index in [1.807, 2.05) is 18.3 Å². The molecule has 1 atom stereocenters. The maximum Gasteiger partial charge on any atom is 0.151 e. The molecule has 0 spiro atoms. The Labute approximate surface area is 128 Å². The van der Waals surface area contributed by atoms with E-state index in [1.54, 1.807) is 11.3 Å². The van der Waals surface area contributed by atoms with Crippen LogP contribution < -0.4 is 10.2 Å². The van der Waals surface area contributed by atoms with E-state index in [1.165, 1.54) is 18.4 Å². The van der Waals surface area contributed by atoms with Crippen LogP contribution in [0.3, 0.4) is 0 Å². The van der Waals surface area contributed by atoms with Crippen molar-refractivity contribution < 1.29 is 0 Å². The summed E-state index contributed by atoms with van der Waals surface area (Å²) >= 11 is 7.58. The summed E-state index contributed by atoms with van der Waals surface area (Å²) in [6, 6.07) is 6.33. The highest BCUT2D eigenvalue weighted by molar-refractivity contribution is 7.14. The van der Waals surface area contributed by atoms with Crippen molar-refractivity contribution in [3.63, 3.8) is 0 Å². The van der Waals surface area contributed by atoms with E-state index < -0.39 is 0 Å². The lowest BCUT2D eigenvalue weighted by atomic mass is 10.2. The van der Waals surface area contributed by atoms with Crippen LogP contribution in [-0.2, 0) is 0 Å². The Bertz CT molecular complexity index is 578. The molecule has 0 aromatic carbocycles. The second-order valence-corrected chi connectivity index (χ2v) is 6.66. The predicted octanol–water partition coefficient (Wildman–Crippen LogP) is 4.57. The third kappa shape index (κ3) is 2.91. The van der Waals surface area contributed by atoms with Gasteiger partial charge in [0, 0.05) is 25.3 Å². The Hall–Kier alpha value is -1.26. The van der Waals surface area contributed by atoms with E-state index in [4.69, 9.17) is 11.6 Å². The minimum absolute atomic E-state index is 0.226. The molecule has 0 bridgehead atoms. The maximum atomic E-state index is 6.01. The molecule has 5 heteroatoms. The molecule has 1 aliphatic heterocycles. The third-order valence-electron chi connectivity index (χ3n) is 3.65. The molecule has 20 heavy (non-hydrogen) atoms. The average molecular weight is 308 g/mol. The van der Waals surface area contributed by atoms with Crippen LogP contribution in [0.4, 0.5) is 11.5 Å². The summed E-state index contributed by atoms with van der Waals surface area (Å²) in [4.78, 5) is 6.91. The SMILES string of the molecule is CC(Nc1cccnc1N1CCCC1)c1csc(Cl)c1. The fraction of sp³-hybridized carbons (Fsp3) is 0.400. The molecule has 1 unspecified atom stereocenters. The Morgan fingerprint density at radius 1 is 1.40 bits per heavy atom. The maximum absolute atomic E-state index is 6.01. The van der Waals surface area contributed by atoms with E-state index in [2.05, 4.69) is 33.6 Å². The highest BCUT2D eigenvalue weighted by Gasteiger charge is 2.18. The van der Waals surface area contributed by atoms with Crippen molar-refractivity contribution in [2.75, 3.05) is 23.3 Å². The molecule has 0 radical (unpaired) electrons. The molecule has 106 valence electrons. The van der Waals surface area contributed by atoms with Gasteiger partial charge in [0.05, 0.1) is 10.0 Å². The predicted molar refractivity (Wildman–Crippen MR) is 87.1 cm³/mol. The first-order chi connectivity index (χ1) is 9.74. The molecule has 1 saturated heterocycles. The zero-order valence-electron chi connectivity index (χ0n) is 11.5.